The summed E-state index contributed by atoms with van der Waals surface area (Å²) in [4.78, 5) is 21.2. The van der Waals surface area contributed by atoms with Crippen molar-refractivity contribution >= 4 is 23.3 Å². The second-order valence-corrected chi connectivity index (χ2v) is 5.83. The van der Waals surface area contributed by atoms with Crippen molar-refractivity contribution < 1.29 is 9.66 Å². The van der Waals surface area contributed by atoms with Gasteiger partial charge >= 0.3 is 5.69 Å². The molecule has 23 heavy (non-hydrogen) atoms. The van der Waals surface area contributed by atoms with Crippen LogP contribution in [0.5, 0.6) is 0 Å². The van der Waals surface area contributed by atoms with Crippen molar-refractivity contribution in [3.63, 3.8) is 0 Å². The number of rotatable bonds is 7. The van der Waals surface area contributed by atoms with Gasteiger partial charge in [-0.15, -0.1) is 0 Å². The smallest absolute Gasteiger partial charge is 0.353 e. The number of hydrogen-bond acceptors (Lipinski definition) is 8. The lowest BCUT2D eigenvalue weighted by molar-refractivity contribution is -0.383. The average molecular weight is 324 g/mol. The zero-order valence-electron chi connectivity index (χ0n) is 13.6. The Kier molecular flexibility index (Phi) is 5.91. The first kappa shape index (κ1) is 17.2. The van der Waals surface area contributed by atoms with E-state index in [1.165, 1.54) is 0 Å². The number of nitrogen functional groups attached to an aromatic ring is 1. The summed E-state index contributed by atoms with van der Waals surface area (Å²) >= 11 is 0. The van der Waals surface area contributed by atoms with Crippen LogP contribution in [0.25, 0.3) is 0 Å². The Morgan fingerprint density at radius 3 is 2.96 bits per heavy atom. The van der Waals surface area contributed by atoms with Gasteiger partial charge < -0.3 is 20.7 Å². The Balaban J connectivity index is 2.25. The lowest BCUT2D eigenvalue weighted by Crippen LogP contribution is -2.35. The molecule has 1 unspecified atom stereocenters. The SMILES string of the molecule is COCCCNc1nc(N)c([N+](=O)[O-])c(N2CCCC(C)C2)n1. The van der Waals surface area contributed by atoms with Gasteiger partial charge in [-0.3, -0.25) is 10.1 Å². The van der Waals surface area contributed by atoms with Crippen molar-refractivity contribution in [2.75, 3.05) is 49.3 Å². The van der Waals surface area contributed by atoms with Gasteiger partial charge in [0, 0.05) is 33.4 Å². The second-order valence-electron chi connectivity index (χ2n) is 5.83. The molecule has 9 heteroatoms. The minimum absolute atomic E-state index is 0.104. The highest BCUT2D eigenvalue weighted by molar-refractivity contribution is 5.71. The molecule has 0 spiro atoms. The van der Waals surface area contributed by atoms with E-state index in [0.717, 1.165) is 32.4 Å². The number of nitrogens with zero attached hydrogens (tertiary/aromatic N) is 4. The molecule has 0 aromatic carbocycles. The predicted octanol–water partition coefficient (Wildman–Crippen LogP) is 1.65. The monoisotopic (exact) mass is 324 g/mol. The maximum absolute atomic E-state index is 11.4. The summed E-state index contributed by atoms with van der Waals surface area (Å²) in [6.07, 6.45) is 2.89. The van der Waals surface area contributed by atoms with Gasteiger partial charge in [0.1, 0.15) is 0 Å². The van der Waals surface area contributed by atoms with Crippen molar-refractivity contribution in [1.82, 2.24) is 9.97 Å². The van der Waals surface area contributed by atoms with E-state index < -0.39 is 4.92 Å². The molecule has 0 bridgehead atoms. The molecule has 3 N–H and O–H groups in total. The highest BCUT2D eigenvalue weighted by atomic mass is 16.6. The van der Waals surface area contributed by atoms with Gasteiger partial charge in [0.25, 0.3) is 0 Å². The van der Waals surface area contributed by atoms with Crippen LogP contribution in [-0.4, -0.2) is 48.2 Å². The quantitative estimate of drug-likeness (QED) is 0.441. The van der Waals surface area contributed by atoms with Crippen LogP contribution in [-0.2, 0) is 4.74 Å². The summed E-state index contributed by atoms with van der Waals surface area (Å²) in [7, 11) is 1.63. The fourth-order valence-corrected chi connectivity index (χ4v) is 2.73. The zero-order valence-corrected chi connectivity index (χ0v) is 13.6. The molecule has 1 saturated heterocycles. The van der Waals surface area contributed by atoms with Crippen molar-refractivity contribution in [3.8, 4) is 0 Å². The lowest BCUT2D eigenvalue weighted by atomic mass is 10.0. The van der Waals surface area contributed by atoms with E-state index >= 15 is 0 Å². The third kappa shape index (κ3) is 4.41. The number of anilines is 3. The van der Waals surface area contributed by atoms with E-state index in [-0.39, 0.29) is 11.5 Å². The van der Waals surface area contributed by atoms with Crippen LogP contribution < -0.4 is 16.0 Å². The van der Waals surface area contributed by atoms with Crippen LogP contribution in [0.2, 0.25) is 0 Å². The van der Waals surface area contributed by atoms with Gasteiger partial charge in [0.15, 0.2) is 0 Å². The minimum atomic E-state index is -0.501. The van der Waals surface area contributed by atoms with E-state index in [1.54, 1.807) is 7.11 Å². The van der Waals surface area contributed by atoms with Crippen molar-refractivity contribution in [3.05, 3.63) is 10.1 Å². The second kappa shape index (κ2) is 7.91. The van der Waals surface area contributed by atoms with E-state index in [9.17, 15) is 10.1 Å². The molecule has 0 amide bonds. The van der Waals surface area contributed by atoms with Gasteiger partial charge in [0.2, 0.25) is 17.6 Å². The van der Waals surface area contributed by atoms with Gasteiger partial charge in [0.05, 0.1) is 4.92 Å². The molecule has 128 valence electrons. The Labute approximate surface area is 135 Å². The first-order valence-electron chi connectivity index (χ1n) is 7.82. The number of nitro groups is 1. The molecule has 2 heterocycles. The van der Waals surface area contributed by atoms with E-state index in [4.69, 9.17) is 10.5 Å². The maximum atomic E-state index is 11.4. The molecular formula is C14H24N6O3. The molecule has 0 radical (unpaired) electrons. The topological polar surface area (TPSA) is 119 Å². The molecule has 1 fully saturated rings. The van der Waals surface area contributed by atoms with Gasteiger partial charge in [-0.2, -0.15) is 9.97 Å². The third-order valence-corrected chi connectivity index (χ3v) is 3.84. The third-order valence-electron chi connectivity index (χ3n) is 3.84. The predicted molar refractivity (Wildman–Crippen MR) is 88.7 cm³/mol. The Bertz CT molecular complexity index is 554. The van der Waals surface area contributed by atoms with Crippen molar-refractivity contribution in [2.45, 2.75) is 26.2 Å². The minimum Gasteiger partial charge on any atom is -0.385 e. The van der Waals surface area contributed by atoms with Gasteiger partial charge in [-0.25, -0.2) is 0 Å². The highest BCUT2D eigenvalue weighted by Crippen LogP contribution is 2.34. The Hall–Kier alpha value is -2.16. The number of ether oxygens (including phenoxy) is 1. The molecule has 9 nitrogen and oxygen atoms in total. The largest absolute Gasteiger partial charge is 0.385 e. The highest BCUT2D eigenvalue weighted by Gasteiger charge is 2.29. The number of piperidine rings is 1. The molecule has 1 aromatic rings. The molecule has 0 aliphatic carbocycles. The van der Waals surface area contributed by atoms with Gasteiger partial charge in [-0.05, 0) is 25.2 Å². The van der Waals surface area contributed by atoms with Crippen LogP contribution >= 0.6 is 0 Å². The summed E-state index contributed by atoms with van der Waals surface area (Å²) < 4.78 is 4.98. The summed E-state index contributed by atoms with van der Waals surface area (Å²) in [5.41, 5.74) is 5.60. The summed E-state index contributed by atoms with van der Waals surface area (Å²) in [6, 6.07) is 0. The average Bonchev–Trinajstić information content (AvgIpc) is 2.50. The van der Waals surface area contributed by atoms with Crippen molar-refractivity contribution in [1.29, 1.82) is 0 Å². The van der Waals surface area contributed by atoms with E-state index in [0.29, 0.717) is 30.8 Å². The number of aromatic nitrogens is 2. The molecule has 1 aliphatic rings. The van der Waals surface area contributed by atoms with Gasteiger partial charge in [-0.1, -0.05) is 6.92 Å². The summed E-state index contributed by atoms with van der Waals surface area (Å²) in [5, 5.41) is 14.4. The first-order chi connectivity index (χ1) is 11.0. The number of nitrogens with one attached hydrogen (secondary N) is 1. The summed E-state index contributed by atoms with van der Waals surface area (Å²) in [5.74, 6) is 0.992. The Morgan fingerprint density at radius 1 is 1.52 bits per heavy atom. The molecule has 1 aliphatic heterocycles. The van der Waals surface area contributed by atoms with Crippen LogP contribution in [0, 0.1) is 16.0 Å². The normalized spacial score (nSPS) is 18.0. The number of hydrogen-bond donors (Lipinski definition) is 2. The number of methoxy groups -OCH3 is 1. The molecule has 0 saturated carbocycles. The molecule has 2 rings (SSSR count). The fraction of sp³-hybridized carbons (Fsp3) is 0.714. The standard InChI is InChI=1S/C14H24N6O3/c1-10-5-3-7-19(9-10)13-11(20(21)22)12(15)17-14(18-13)16-6-4-8-23-2/h10H,3-9H2,1-2H3,(H3,15,16,17,18). The van der Waals surface area contributed by atoms with Crippen LogP contribution in [0.3, 0.4) is 0 Å². The maximum Gasteiger partial charge on any atom is 0.353 e. The zero-order chi connectivity index (χ0) is 16.8. The van der Waals surface area contributed by atoms with E-state index in [1.807, 2.05) is 4.90 Å². The summed E-state index contributed by atoms with van der Waals surface area (Å²) in [6.45, 7) is 4.84. The van der Waals surface area contributed by atoms with Crippen LogP contribution in [0.1, 0.15) is 26.2 Å². The molecule has 1 atom stereocenters. The molecule has 1 aromatic heterocycles. The fourth-order valence-electron chi connectivity index (χ4n) is 2.73. The van der Waals surface area contributed by atoms with Crippen molar-refractivity contribution in [2.24, 2.45) is 5.92 Å². The Morgan fingerprint density at radius 2 is 2.30 bits per heavy atom. The van der Waals surface area contributed by atoms with E-state index in [2.05, 4.69) is 22.2 Å². The van der Waals surface area contributed by atoms with Crippen LogP contribution in [0.4, 0.5) is 23.3 Å². The van der Waals surface area contributed by atoms with Crippen LogP contribution in [0.15, 0.2) is 0 Å². The molecular weight excluding hydrogens is 300 g/mol. The lowest BCUT2D eigenvalue weighted by Gasteiger charge is -2.31. The first-order valence-corrected chi connectivity index (χ1v) is 7.82. The number of nitrogens with two attached hydrogens (primary N) is 1.